The molecule has 1 fully saturated rings. The molecular formula is C21H23N3O3. The first kappa shape index (κ1) is 17.5. The minimum absolute atomic E-state index is 0.472. The van der Waals surface area contributed by atoms with Crippen LogP contribution in [0.4, 0.5) is 5.69 Å². The molecule has 4 rings (SSSR count). The third-order valence-corrected chi connectivity index (χ3v) is 4.81. The second kappa shape index (κ2) is 7.80. The van der Waals surface area contributed by atoms with Gasteiger partial charge in [0.05, 0.1) is 36.9 Å². The molecule has 0 N–H and O–H groups in total. The van der Waals surface area contributed by atoms with Crippen molar-refractivity contribution in [1.82, 2.24) is 9.97 Å². The summed E-state index contributed by atoms with van der Waals surface area (Å²) in [5.74, 6) is 1.64. The average Bonchev–Trinajstić information content (AvgIpc) is 2.73. The Bertz CT molecular complexity index is 922. The number of aryl methyl sites for hydroxylation is 1. The number of benzene rings is 2. The number of morpholine rings is 1. The number of hydrogen-bond acceptors (Lipinski definition) is 6. The van der Waals surface area contributed by atoms with E-state index in [1.807, 2.05) is 31.2 Å². The van der Waals surface area contributed by atoms with Crippen molar-refractivity contribution in [2.45, 2.75) is 13.5 Å². The molecule has 0 spiro atoms. The number of fused-ring (bicyclic) bond motifs is 1. The molecule has 2 heterocycles. The molecule has 0 atom stereocenters. The van der Waals surface area contributed by atoms with Gasteiger partial charge in [0.25, 0.3) is 0 Å². The highest BCUT2D eigenvalue weighted by Crippen LogP contribution is 2.33. The molecule has 1 aliphatic rings. The van der Waals surface area contributed by atoms with E-state index in [0.29, 0.717) is 6.61 Å². The highest BCUT2D eigenvalue weighted by Gasteiger charge is 2.16. The Hall–Kier alpha value is -2.86. The summed E-state index contributed by atoms with van der Waals surface area (Å²) < 4.78 is 16.9. The summed E-state index contributed by atoms with van der Waals surface area (Å²) in [5, 5.41) is 0.961. The molecule has 1 saturated heterocycles. The second-order valence-corrected chi connectivity index (χ2v) is 6.53. The van der Waals surface area contributed by atoms with Crippen LogP contribution in [-0.2, 0) is 11.3 Å². The number of anilines is 1. The predicted molar refractivity (Wildman–Crippen MR) is 105 cm³/mol. The maximum atomic E-state index is 6.21. The average molecular weight is 365 g/mol. The predicted octanol–water partition coefficient (Wildman–Crippen LogP) is 3.36. The number of methoxy groups -OCH3 is 1. The van der Waals surface area contributed by atoms with Crippen LogP contribution in [0.25, 0.3) is 10.9 Å². The molecule has 0 saturated carbocycles. The zero-order chi connectivity index (χ0) is 18.6. The molecule has 0 aliphatic carbocycles. The van der Waals surface area contributed by atoms with Crippen LogP contribution in [0.5, 0.6) is 11.5 Å². The number of rotatable bonds is 5. The summed E-state index contributed by atoms with van der Waals surface area (Å²) in [7, 11) is 1.66. The van der Waals surface area contributed by atoms with Crippen molar-refractivity contribution < 1.29 is 14.2 Å². The van der Waals surface area contributed by atoms with Crippen LogP contribution in [0.15, 0.2) is 42.7 Å². The van der Waals surface area contributed by atoms with Crippen LogP contribution in [0, 0.1) is 6.92 Å². The Labute approximate surface area is 158 Å². The van der Waals surface area contributed by atoms with E-state index in [0.717, 1.165) is 65.6 Å². The Morgan fingerprint density at radius 2 is 1.85 bits per heavy atom. The topological polar surface area (TPSA) is 56.7 Å². The van der Waals surface area contributed by atoms with E-state index in [-0.39, 0.29) is 0 Å². The van der Waals surface area contributed by atoms with Gasteiger partial charge in [0.1, 0.15) is 24.4 Å². The summed E-state index contributed by atoms with van der Waals surface area (Å²) in [4.78, 5) is 11.1. The van der Waals surface area contributed by atoms with Gasteiger partial charge in [-0.15, -0.1) is 0 Å². The summed E-state index contributed by atoms with van der Waals surface area (Å²) >= 11 is 0. The van der Waals surface area contributed by atoms with Gasteiger partial charge in [0.15, 0.2) is 0 Å². The Balaban J connectivity index is 1.66. The fourth-order valence-corrected chi connectivity index (χ4v) is 3.30. The molecule has 1 aromatic heterocycles. The van der Waals surface area contributed by atoms with E-state index < -0.39 is 0 Å². The highest BCUT2D eigenvalue weighted by atomic mass is 16.5. The van der Waals surface area contributed by atoms with E-state index in [4.69, 9.17) is 14.2 Å². The second-order valence-electron chi connectivity index (χ2n) is 6.53. The third kappa shape index (κ3) is 3.80. The van der Waals surface area contributed by atoms with Crippen LogP contribution in [-0.4, -0.2) is 43.4 Å². The summed E-state index contributed by atoms with van der Waals surface area (Å²) in [5.41, 5.74) is 4.00. The van der Waals surface area contributed by atoms with Crippen LogP contribution in [0.3, 0.4) is 0 Å². The van der Waals surface area contributed by atoms with Crippen molar-refractivity contribution in [2.24, 2.45) is 0 Å². The number of nitrogens with zero attached hydrogens (tertiary/aromatic N) is 3. The largest absolute Gasteiger partial charge is 0.497 e. The smallest absolute Gasteiger partial charge is 0.133 e. The SMILES string of the molecule is COc1ccc(COc2cc(N3CCOCC3)cc3ncnc(C)c23)cc1. The Morgan fingerprint density at radius 3 is 2.59 bits per heavy atom. The van der Waals surface area contributed by atoms with Gasteiger partial charge in [-0.25, -0.2) is 9.97 Å². The lowest BCUT2D eigenvalue weighted by atomic mass is 10.1. The van der Waals surface area contributed by atoms with Crippen LogP contribution >= 0.6 is 0 Å². The summed E-state index contributed by atoms with van der Waals surface area (Å²) in [6.07, 6.45) is 1.61. The molecule has 0 bridgehead atoms. The molecule has 0 radical (unpaired) electrons. The van der Waals surface area contributed by atoms with Crippen LogP contribution in [0.2, 0.25) is 0 Å². The van der Waals surface area contributed by atoms with Crippen molar-refractivity contribution in [1.29, 1.82) is 0 Å². The van der Waals surface area contributed by atoms with Gasteiger partial charge in [-0.05, 0) is 30.7 Å². The fraction of sp³-hybridized carbons (Fsp3) is 0.333. The number of ether oxygens (including phenoxy) is 3. The maximum absolute atomic E-state index is 6.21. The molecule has 0 amide bonds. The molecule has 27 heavy (non-hydrogen) atoms. The molecule has 140 valence electrons. The maximum Gasteiger partial charge on any atom is 0.133 e. The normalized spacial score (nSPS) is 14.4. The first-order valence-electron chi connectivity index (χ1n) is 9.08. The van der Waals surface area contributed by atoms with E-state index in [2.05, 4.69) is 27.0 Å². The Kier molecular flexibility index (Phi) is 5.07. The minimum atomic E-state index is 0.472. The zero-order valence-electron chi connectivity index (χ0n) is 15.6. The molecule has 1 aliphatic heterocycles. The van der Waals surface area contributed by atoms with Gasteiger partial charge in [-0.1, -0.05) is 12.1 Å². The lowest BCUT2D eigenvalue weighted by Crippen LogP contribution is -2.36. The molecule has 6 nitrogen and oxygen atoms in total. The molecule has 0 unspecified atom stereocenters. The van der Waals surface area contributed by atoms with Gasteiger partial charge in [-0.2, -0.15) is 0 Å². The van der Waals surface area contributed by atoms with Gasteiger partial charge < -0.3 is 19.1 Å². The van der Waals surface area contributed by atoms with Crippen molar-refractivity contribution in [3.05, 3.63) is 54.0 Å². The van der Waals surface area contributed by atoms with Crippen molar-refractivity contribution >= 4 is 16.6 Å². The van der Waals surface area contributed by atoms with E-state index in [1.54, 1.807) is 13.4 Å². The van der Waals surface area contributed by atoms with Crippen LogP contribution < -0.4 is 14.4 Å². The summed E-state index contributed by atoms with van der Waals surface area (Å²) in [6, 6.07) is 12.1. The summed E-state index contributed by atoms with van der Waals surface area (Å²) in [6.45, 7) is 5.67. The van der Waals surface area contributed by atoms with Gasteiger partial charge in [-0.3, -0.25) is 0 Å². The quantitative estimate of drug-likeness (QED) is 0.691. The molecule has 6 heteroatoms. The van der Waals surface area contributed by atoms with Gasteiger partial charge in [0.2, 0.25) is 0 Å². The molecular weight excluding hydrogens is 342 g/mol. The van der Waals surface area contributed by atoms with E-state index in [1.165, 1.54) is 0 Å². The third-order valence-electron chi connectivity index (χ3n) is 4.81. The number of aromatic nitrogens is 2. The van der Waals surface area contributed by atoms with Crippen molar-refractivity contribution in [3.8, 4) is 11.5 Å². The molecule has 3 aromatic rings. The Morgan fingerprint density at radius 1 is 1.07 bits per heavy atom. The lowest BCUT2D eigenvalue weighted by Gasteiger charge is -2.29. The van der Waals surface area contributed by atoms with E-state index in [9.17, 15) is 0 Å². The number of hydrogen-bond donors (Lipinski definition) is 0. The fourth-order valence-electron chi connectivity index (χ4n) is 3.30. The van der Waals surface area contributed by atoms with Crippen molar-refractivity contribution in [3.63, 3.8) is 0 Å². The molecule has 2 aromatic carbocycles. The minimum Gasteiger partial charge on any atom is -0.497 e. The standard InChI is InChI=1S/C21H23N3O3/c1-15-21-19(23-14-22-15)11-17(24-7-9-26-10-8-24)12-20(21)27-13-16-3-5-18(25-2)6-4-16/h3-6,11-12,14H,7-10,13H2,1-2H3. The highest BCUT2D eigenvalue weighted by molar-refractivity contribution is 5.90. The zero-order valence-corrected chi connectivity index (χ0v) is 15.6. The van der Waals surface area contributed by atoms with E-state index >= 15 is 0 Å². The van der Waals surface area contributed by atoms with Crippen LogP contribution in [0.1, 0.15) is 11.3 Å². The monoisotopic (exact) mass is 365 g/mol. The van der Waals surface area contributed by atoms with Gasteiger partial charge in [0, 0.05) is 24.8 Å². The van der Waals surface area contributed by atoms with Gasteiger partial charge >= 0.3 is 0 Å². The lowest BCUT2D eigenvalue weighted by molar-refractivity contribution is 0.122. The first-order chi connectivity index (χ1) is 13.2. The van der Waals surface area contributed by atoms with Crippen molar-refractivity contribution in [2.75, 3.05) is 38.3 Å². The first-order valence-corrected chi connectivity index (χ1v) is 9.08.